The van der Waals surface area contributed by atoms with Gasteiger partial charge >= 0.3 is 0 Å². The third kappa shape index (κ3) is 4.34. The number of hydrogen-bond acceptors (Lipinski definition) is 3. The van der Waals surface area contributed by atoms with Crippen LogP contribution < -0.4 is 14.8 Å². The van der Waals surface area contributed by atoms with Gasteiger partial charge in [0, 0.05) is 12.2 Å². The summed E-state index contributed by atoms with van der Waals surface area (Å²) in [4.78, 5) is 0. The molecule has 0 atom stereocenters. The Bertz CT molecular complexity index is 650. The molecule has 22 heavy (non-hydrogen) atoms. The Morgan fingerprint density at radius 3 is 2.64 bits per heavy atom. The van der Waals surface area contributed by atoms with Crippen molar-refractivity contribution in [2.45, 2.75) is 13.5 Å². The fourth-order valence-electron chi connectivity index (χ4n) is 2.00. The van der Waals surface area contributed by atoms with Crippen molar-refractivity contribution in [1.82, 2.24) is 0 Å². The average Bonchev–Trinajstić information content (AvgIpc) is 2.53. The van der Waals surface area contributed by atoms with Crippen molar-refractivity contribution in [1.29, 1.82) is 0 Å². The summed E-state index contributed by atoms with van der Waals surface area (Å²) in [5.41, 5.74) is 2.05. The van der Waals surface area contributed by atoms with Gasteiger partial charge in [-0.2, -0.15) is 0 Å². The first kappa shape index (κ1) is 16.1. The maximum atomic E-state index is 6.29. The standard InChI is InChI=1S/C18H18ClNO2/c1-3-10-22-18-16(19)11-14(12-17(18)21-4-2)13-20-15-8-6-5-7-9-15/h1,5-9,11-12,20H,4,10,13H2,2H3. The van der Waals surface area contributed by atoms with E-state index in [0.29, 0.717) is 29.7 Å². The van der Waals surface area contributed by atoms with Gasteiger partial charge in [0.2, 0.25) is 0 Å². The zero-order valence-corrected chi connectivity index (χ0v) is 13.2. The number of terminal acetylenes is 1. The van der Waals surface area contributed by atoms with E-state index >= 15 is 0 Å². The molecule has 114 valence electrons. The summed E-state index contributed by atoms with van der Waals surface area (Å²) < 4.78 is 11.1. The van der Waals surface area contributed by atoms with E-state index in [2.05, 4.69) is 11.2 Å². The molecule has 0 aromatic heterocycles. The molecule has 0 bridgehead atoms. The predicted molar refractivity (Wildman–Crippen MR) is 90.7 cm³/mol. The van der Waals surface area contributed by atoms with Crippen LogP contribution in [0.5, 0.6) is 11.5 Å². The molecule has 0 fully saturated rings. The van der Waals surface area contributed by atoms with Crippen LogP contribution >= 0.6 is 11.6 Å². The number of anilines is 1. The molecule has 0 amide bonds. The number of benzene rings is 2. The third-order valence-electron chi connectivity index (χ3n) is 2.94. The zero-order chi connectivity index (χ0) is 15.8. The Morgan fingerprint density at radius 1 is 1.18 bits per heavy atom. The van der Waals surface area contributed by atoms with E-state index in [4.69, 9.17) is 27.5 Å². The van der Waals surface area contributed by atoms with Crippen LogP contribution in [0.4, 0.5) is 5.69 Å². The van der Waals surface area contributed by atoms with Crippen LogP contribution in [0.3, 0.4) is 0 Å². The van der Waals surface area contributed by atoms with Crippen molar-refractivity contribution in [2.75, 3.05) is 18.5 Å². The number of nitrogens with one attached hydrogen (secondary N) is 1. The minimum atomic E-state index is 0.154. The second-order valence-corrected chi connectivity index (χ2v) is 4.96. The van der Waals surface area contributed by atoms with Gasteiger partial charge < -0.3 is 14.8 Å². The van der Waals surface area contributed by atoms with Gasteiger partial charge in [-0.15, -0.1) is 6.42 Å². The van der Waals surface area contributed by atoms with Gasteiger partial charge in [0.15, 0.2) is 11.5 Å². The molecule has 2 rings (SSSR count). The van der Waals surface area contributed by atoms with Crippen molar-refractivity contribution in [3.05, 3.63) is 53.1 Å². The number of halogens is 1. The lowest BCUT2D eigenvalue weighted by Crippen LogP contribution is -2.03. The molecule has 0 aliphatic rings. The van der Waals surface area contributed by atoms with Crippen LogP contribution in [0.1, 0.15) is 12.5 Å². The maximum Gasteiger partial charge on any atom is 0.181 e. The molecule has 0 spiro atoms. The van der Waals surface area contributed by atoms with Gasteiger partial charge in [0.05, 0.1) is 11.6 Å². The van der Waals surface area contributed by atoms with Crippen molar-refractivity contribution >= 4 is 17.3 Å². The van der Waals surface area contributed by atoms with Gasteiger partial charge in [-0.3, -0.25) is 0 Å². The van der Waals surface area contributed by atoms with Gasteiger partial charge in [-0.1, -0.05) is 35.7 Å². The Kier molecular flexibility index (Phi) is 6.00. The Labute approximate surface area is 136 Å². The van der Waals surface area contributed by atoms with Gasteiger partial charge in [-0.05, 0) is 36.8 Å². The first-order chi connectivity index (χ1) is 10.7. The Hall–Kier alpha value is -2.31. The number of ether oxygens (including phenoxy) is 2. The molecule has 0 saturated heterocycles. The molecule has 0 heterocycles. The summed E-state index contributed by atoms with van der Waals surface area (Å²) in [6.45, 7) is 3.23. The predicted octanol–water partition coefficient (Wildman–Crippen LogP) is 4.36. The molecule has 4 heteroatoms. The van der Waals surface area contributed by atoms with E-state index in [0.717, 1.165) is 11.3 Å². The smallest absolute Gasteiger partial charge is 0.181 e. The fourth-order valence-corrected chi connectivity index (χ4v) is 2.29. The number of para-hydroxylation sites is 1. The van der Waals surface area contributed by atoms with Crippen LogP contribution in [-0.2, 0) is 6.54 Å². The van der Waals surface area contributed by atoms with E-state index in [1.807, 2.05) is 49.4 Å². The molecule has 0 radical (unpaired) electrons. The molecule has 2 aromatic rings. The maximum absolute atomic E-state index is 6.29. The number of hydrogen-bond donors (Lipinski definition) is 1. The largest absolute Gasteiger partial charge is 0.490 e. The SMILES string of the molecule is C#CCOc1c(Cl)cc(CNc2ccccc2)cc1OCC. The van der Waals surface area contributed by atoms with Crippen molar-refractivity contribution in [2.24, 2.45) is 0 Å². The molecule has 0 unspecified atom stereocenters. The Morgan fingerprint density at radius 2 is 1.95 bits per heavy atom. The Balaban J connectivity index is 2.16. The number of rotatable bonds is 7. The van der Waals surface area contributed by atoms with Gasteiger partial charge in [0.1, 0.15) is 6.61 Å². The molecular weight excluding hydrogens is 298 g/mol. The van der Waals surface area contributed by atoms with Gasteiger partial charge in [-0.25, -0.2) is 0 Å². The van der Waals surface area contributed by atoms with E-state index in [1.54, 1.807) is 0 Å². The second kappa shape index (κ2) is 8.21. The lowest BCUT2D eigenvalue weighted by molar-refractivity contribution is 0.299. The molecule has 1 N–H and O–H groups in total. The lowest BCUT2D eigenvalue weighted by Gasteiger charge is -2.14. The second-order valence-electron chi connectivity index (χ2n) is 4.55. The summed E-state index contributed by atoms with van der Waals surface area (Å²) in [6, 6.07) is 13.7. The zero-order valence-electron chi connectivity index (χ0n) is 12.4. The molecule has 2 aromatic carbocycles. The molecule has 0 saturated carbocycles. The highest BCUT2D eigenvalue weighted by Gasteiger charge is 2.12. The average molecular weight is 316 g/mol. The normalized spacial score (nSPS) is 9.86. The van der Waals surface area contributed by atoms with Crippen LogP contribution in [0.15, 0.2) is 42.5 Å². The van der Waals surface area contributed by atoms with Crippen LogP contribution in [-0.4, -0.2) is 13.2 Å². The fraction of sp³-hybridized carbons (Fsp3) is 0.222. The highest BCUT2D eigenvalue weighted by Crippen LogP contribution is 2.36. The van der Waals surface area contributed by atoms with Crippen molar-refractivity contribution < 1.29 is 9.47 Å². The van der Waals surface area contributed by atoms with Crippen LogP contribution in [0, 0.1) is 12.3 Å². The minimum absolute atomic E-state index is 0.154. The summed E-state index contributed by atoms with van der Waals surface area (Å²) in [5.74, 6) is 3.52. The minimum Gasteiger partial charge on any atom is -0.490 e. The summed E-state index contributed by atoms with van der Waals surface area (Å²) in [5, 5.41) is 3.82. The van der Waals surface area contributed by atoms with E-state index in [-0.39, 0.29) is 6.61 Å². The molecular formula is C18H18ClNO2. The monoisotopic (exact) mass is 315 g/mol. The lowest BCUT2D eigenvalue weighted by atomic mass is 10.2. The summed E-state index contributed by atoms with van der Waals surface area (Å²) in [7, 11) is 0. The summed E-state index contributed by atoms with van der Waals surface area (Å²) >= 11 is 6.29. The highest BCUT2D eigenvalue weighted by atomic mass is 35.5. The van der Waals surface area contributed by atoms with Crippen LogP contribution in [0.25, 0.3) is 0 Å². The van der Waals surface area contributed by atoms with Crippen molar-refractivity contribution in [3.63, 3.8) is 0 Å². The van der Waals surface area contributed by atoms with Crippen molar-refractivity contribution in [3.8, 4) is 23.8 Å². The quantitative estimate of drug-likeness (QED) is 0.770. The first-order valence-electron chi connectivity index (χ1n) is 7.05. The van der Waals surface area contributed by atoms with E-state index < -0.39 is 0 Å². The van der Waals surface area contributed by atoms with Crippen LogP contribution in [0.2, 0.25) is 5.02 Å². The van der Waals surface area contributed by atoms with E-state index in [9.17, 15) is 0 Å². The molecule has 0 aliphatic carbocycles. The first-order valence-corrected chi connectivity index (χ1v) is 7.42. The van der Waals surface area contributed by atoms with Gasteiger partial charge in [0.25, 0.3) is 0 Å². The highest BCUT2D eigenvalue weighted by molar-refractivity contribution is 6.32. The molecule has 3 nitrogen and oxygen atoms in total. The van der Waals surface area contributed by atoms with E-state index in [1.165, 1.54) is 0 Å². The topological polar surface area (TPSA) is 30.5 Å². The third-order valence-corrected chi connectivity index (χ3v) is 3.22. The molecule has 0 aliphatic heterocycles. The summed E-state index contributed by atoms with van der Waals surface area (Å²) in [6.07, 6.45) is 5.22.